The van der Waals surface area contributed by atoms with E-state index >= 15 is 0 Å². The average Bonchev–Trinajstić information content (AvgIpc) is 3.17. The zero-order valence-corrected chi connectivity index (χ0v) is 15.4. The van der Waals surface area contributed by atoms with E-state index < -0.39 is 69.6 Å². The summed E-state index contributed by atoms with van der Waals surface area (Å²) in [6.07, 6.45) is -11.1. The number of ketones is 2. The second kappa shape index (κ2) is 6.77. The van der Waals surface area contributed by atoms with Crippen LogP contribution in [0.4, 0.5) is 37.7 Å². The number of allylic oxidation sites excluding steroid dienone is 2. The molecule has 0 N–H and O–H groups in total. The molecular formula is C20H8F6N2O4. The molecule has 0 saturated heterocycles. The summed E-state index contributed by atoms with van der Waals surface area (Å²) >= 11 is 0. The molecule has 164 valence electrons. The van der Waals surface area contributed by atoms with Gasteiger partial charge in [0.1, 0.15) is 11.4 Å². The van der Waals surface area contributed by atoms with E-state index in [1.54, 1.807) is 0 Å². The van der Waals surface area contributed by atoms with Crippen LogP contribution in [0, 0.1) is 0 Å². The van der Waals surface area contributed by atoms with Crippen LogP contribution in [-0.2, 0) is 9.59 Å². The van der Waals surface area contributed by atoms with E-state index in [9.17, 15) is 45.5 Å². The third-order valence-corrected chi connectivity index (χ3v) is 4.77. The Balaban J connectivity index is 2.07. The first-order valence-electron chi connectivity index (χ1n) is 8.70. The number of rotatable bonds is 0. The predicted octanol–water partition coefficient (Wildman–Crippen LogP) is 3.78. The van der Waals surface area contributed by atoms with E-state index in [-0.39, 0.29) is 9.80 Å². The Hall–Kier alpha value is -3.96. The Morgan fingerprint density at radius 1 is 0.594 bits per heavy atom. The van der Waals surface area contributed by atoms with Gasteiger partial charge in [0.15, 0.2) is 0 Å². The molecule has 4 rings (SSSR count). The molecule has 32 heavy (non-hydrogen) atoms. The van der Waals surface area contributed by atoms with Crippen molar-refractivity contribution in [3.63, 3.8) is 0 Å². The van der Waals surface area contributed by atoms with Gasteiger partial charge in [-0.1, -0.05) is 24.3 Å². The monoisotopic (exact) mass is 454 g/mol. The molecule has 0 aromatic heterocycles. The van der Waals surface area contributed by atoms with Crippen molar-refractivity contribution in [1.82, 2.24) is 0 Å². The lowest BCUT2D eigenvalue weighted by Crippen LogP contribution is -2.45. The van der Waals surface area contributed by atoms with Crippen LogP contribution >= 0.6 is 0 Å². The van der Waals surface area contributed by atoms with Gasteiger partial charge in [-0.25, -0.2) is 0 Å². The number of halogens is 6. The van der Waals surface area contributed by atoms with Crippen LogP contribution < -0.4 is 9.80 Å². The van der Waals surface area contributed by atoms with Crippen molar-refractivity contribution in [2.45, 2.75) is 12.4 Å². The van der Waals surface area contributed by atoms with Crippen LogP contribution in [0.1, 0.15) is 20.7 Å². The number of Topliss-reactive ketones (excluding diaryl/α,β-unsaturated/α-hetero) is 2. The van der Waals surface area contributed by atoms with Crippen molar-refractivity contribution in [3.8, 4) is 0 Å². The number of anilines is 2. The van der Waals surface area contributed by atoms with Gasteiger partial charge in [-0.15, -0.1) is 0 Å². The fourth-order valence-corrected chi connectivity index (χ4v) is 3.52. The molecule has 2 amide bonds. The minimum absolute atomic E-state index is 0.173. The summed E-state index contributed by atoms with van der Waals surface area (Å²) in [5.74, 6) is -7.84. The number of nitrogens with zero attached hydrogens (tertiary/aromatic N) is 2. The summed E-state index contributed by atoms with van der Waals surface area (Å²) in [5, 5.41) is 0. The molecule has 6 nitrogen and oxygen atoms in total. The number of alkyl halides is 6. The van der Waals surface area contributed by atoms with Gasteiger partial charge in [0.25, 0.3) is 0 Å². The molecule has 0 aliphatic carbocycles. The molecule has 2 aliphatic heterocycles. The summed E-state index contributed by atoms with van der Waals surface area (Å²) in [6.45, 7) is 0. The number of fused-ring (bicyclic) bond motifs is 2. The van der Waals surface area contributed by atoms with Gasteiger partial charge in [0.05, 0.1) is 11.4 Å². The quantitative estimate of drug-likeness (QED) is 0.449. The van der Waals surface area contributed by atoms with Crippen LogP contribution in [0.2, 0.25) is 0 Å². The third kappa shape index (κ3) is 2.98. The smallest absolute Gasteiger partial charge is 0.287 e. The van der Waals surface area contributed by atoms with E-state index in [1.807, 2.05) is 0 Å². The SMILES string of the molecule is O=C1/C(=C2/C(=O)c3ccccc3N2C(=O)C(F)(F)F)N(C(=O)C(F)(F)F)c2ccccc21. The number of para-hydroxylation sites is 2. The number of amides is 2. The molecule has 12 heteroatoms. The van der Waals surface area contributed by atoms with Crippen molar-refractivity contribution in [3.05, 3.63) is 71.1 Å². The van der Waals surface area contributed by atoms with Gasteiger partial charge >= 0.3 is 24.2 Å². The summed E-state index contributed by atoms with van der Waals surface area (Å²) < 4.78 is 79.9. The second-order valence-corrected chi connectivity index (χ2v) is 6.67. The number of hydrogen-bond donors (Lipinski definition) is 0. The maximum absolute atomic E-state index is 13.3. The molecule has 0 bridgehead atoms. The van der Waals surface area contributed by atoms with Crippen LogP contribution in [0.3, 0.4) is 0 Å². The lowest BCUT2D eigenvalue weighted by Gasteiger charge is -2.25. The van der Waals surface area contributed by atoms with Gasteiger partial charge in [0.2, 0.25) is 11.6 Å². The number of carbonyl (C=O) groups excluding carboxylic acids is 4. The summed E-state index contributed by atoms with van der Waals surface area (Å²) in [5.41, 5.74) is -4.62. The summed E-state index contributed by atoms with van der Waals surface area (Å²) in [4.78, 5) is 49.9. The van der Waals surface area contributed by atoms with Crippen LogP contribution in [0.25, 0.3) is 0 Å². The van der Waals surface area contributed by atoms with E-state index in [2.05, 4.69) is 0 Å². The van der Waals surface area contributed by atoms with Gasteiger partial charge in [0, 0.05) is 11.1 Å². The van der Waals surface area contributed by atoms with Crippen LogP contribution in [0.15, 0.2) is 59.9 Å². The highest BCUT2D eigenvalue weighted by Gasteiger charge is 2.55. The molecule has 0 unspecified atom stereocenters. The molecule has 0 atom stereocenters. The predicted molar refractivity (Wildman–Crippen MR) is 95.7 cm³/mol. The van der Waals surface area contributed by atoms with Crippen molar-refractivity contribution in [2.24, 2.45) is 0 Å². The first-order valence-corrected chi connectivity index (χ1v) is 8.70. The molecule has 2 aromatic rings. The zero-order valence-electron chi connectivity index (χ0n) is 15.4. The van der Waals surface area contributed by atoms with Crippen molar-refractivity contribution < 1.29 is 45.5 Å². The van der Waals surface area contributed by atoms with Crippen molar-refractivity contribution in [2.75, 3.05) is 9.80 Å². The topological polar surface area (TPSA) is 74.8 Å². The fraction of sp³-hybridized carbons (Fsp3) is 0.100. The number of carbonyl (C=O) groups is 4. The Morgan fingerprint density at radius 3 is 1.22 bits per heavy atom. The lowest BCUT2D eigenvalue weighted by atomic mass is 10.1. The lowest BCUT2D eigenvalue weighted by molar-refractivity contribution is -0.170. The molecule has 0 radical (unpaired) electrons. The highest BCUT2D eigenvalue weighted by molar-refractivity contribution is 6.34. The van der Waals surface area contributed by atoms with Crippen LogP contribution in [0.5, 0.6) is 0 Å². The Bertz CT molecular complexity index is 1150. The summed E-state index contributed by atoms with van der Waals surface area (Å²) in [6, 6.07) is 8.92. The highest BCUT2D eigenvalue weighted by atomic mass is 19.4. The summed E-state index contributed by atoms with van der Waals surface area (Å²) in [7, 11) is 0. The van der Waals surface area contributed by atoms with Gasteiger partial charge in [-0.05, 0) is 24.3 Å². The third-order valence-electron chi connectivity index (χ3n) is 4.77. The zero-order chi connectivity index (χ0) is 23.6. The molecule has 2 aromatic carbocycles. The van der Waals surface area contributed by atoms with E-state index in [0.717, 1.165) is 24.3 Å². The standard InChI is InChI=1S/C20H8F6N2O4/c21-19(22,23)17(31)27-11-7-3-1-5-9(11)15(29)13(27)14-16(30)10-6-2-4-8-12(10)28(14)18(32)20(24,25)26/h1-8H/b14-13+. The Labute approximate surface area is 174 Å². The largest absolute Gasteiger partial charge is 0.472 e. The van der Waals surface area contributed by atoms with Gasteiger partial charge in [-0.3, -0.25) is 29.0 Å². The van der Waals surface area contributed by atoms with E-state index in [4.69, 9.17) is 0 Å². The fourth-order valence-electron chi connectivity index (χ4n) is 3.52. The highest BCUT2D eigenvalue weighted by Crippen LogP contribution is 2.44. The first-order chi connectivity index (χ1) is 14.9. The van der Waals surface area contributed by atoms with Gasteiger partial charge in [-0.2, -0.15) is 26.3 Å². The average molecular weight is 454 g/mol. The minimum atomic E-state index is -5.54. The minimum Gasteiger partial charge on any atom is -0.287 e. The normalized spacial score (nSPS) is 18.2. The van der Waals surface area contributed by atoms with Crippen molar-refractivity contribution >= 4 is 34.8 Å². The van der Waals surface area contributed by atoms with E-state index in [1.165, 1.54) is 24.3 Å². The molecule has 0 fully saturated rings. The second-order valence-electron chi connectivity index (χ2n) is 6.67. The molecule has 2 heterocycles. The molecular weight excluding hydrogens is 446 g/mol. The molecule has 2 aliphatic rings. The number of benzene rings is 2. The van der Waals surface area contributed by atoms with E-state index in [0.29, 0.717) is 0 Å². The van der Waals surface area contributed by atoms with Gasteiger partial charge < -0.3 is 0 Å². The maximum Gasteiger partial charge on any atom is 0.472 e. The van der Waals surface area contributed by atoms with Crippen LogP contribution in [-0.4, -0.2) is 35.7 Å². The number of hydrogen-bond acceptors (Lipinski definition) is 4. The first kappa shape index (κ1) is 21.3. The van der Waals surface area contributed by atoms with Crippen molar-refractivity contribution in [1.29, 1.82) is 0 Å². The molecule has 0 saturated carbocycles. The Kier molecular flexibility index (Phi) is 4.50. The Morgan fingerprint density at radius 2 is 0.906 bits per heavy atom. The maximum atomic E-state index is 13.3. The molecule has 0 spiro atoms.